The average Bonchev–Trinajstić information content (AvgIpc) is 3.32. The van der Waals surface area contributed by atoms with Crippen molar-refractivity contribution >= 4 is 17.7 Å². The minimum Gasteiger partial charge on any atom is -0.371 e. The summed E-state index contributed by atoms with van der Waals surface area (Å²) in [6, 6.07) is 5.87. The zero-order chi connectivity index (χ0) is 20.7. The monoisotopic (exact) mass is 412 g/mol. The van der Waals surface area contributed by atoms with Gasteiger partial charge in [-0.15, -0.1) is 0 Å². The molecular weight excluding hydrogens is 384 g/mol. The zero-order valence-corrected chi connectivity index (χ0v) is 17.0. The minimum absolute atomic E-state index is 0.131. The number of hydrogen-bond acceptors (Lipinski definition) is 6. The smallest absolute Gasteiger partial charge is 0.255 e. The van der Waals surface area contributed by atoms with Gasteiger partial charge < -0.3 is 20.3 Å². The molecule has 4 atom stereocenters. The van der Waals surface area contributed by atoms with Crippen molar-refractivity contribution in [2.24, 2.45) is 0 Å². The van der Waals surface area contributed by atoms with Crippen molar-refractivity contribution in [3.05, 3.63) is 34.9 Å². The van der Waals surface area contributed by atoms with Crippen LogP contribution in [0.15, 0.2) is 18.2 Å². The highest BCUT2D eigenvalue weighted by Gasteiger charge is 2.39. The third-order valence-electron chi connectivity index (χ3n) is 6.72. The van der Waals surface area contributed by atoms with Gasteiger partial charge in [0.1, 0.15) is 6.04 Å². The molecule has 30 heavy (non-hydrogen) atoms. The summed E-state index contributed by atoms with van der Waals surface area (Å²) in [5.41, 5.74) is 2.62. The fourth-order valence-electron chi connectivity index (χ4n) is 5.11. The fraction of sp³-hybridized carbons (Fsp3) is 0.591. The number of fused-ring (bicyclic) bond motifs is 2. The van der Waals surface area contributed by atoms with Crippen LogP contribution in [0.25, 0.3) is 0 Å². The lowest BCUT2D eigenvalue weighted by Crippen LogP contribution is -2.52. The first-order valence-electron chi connectivity index (χ1n) is 10.9. The molecule has 1 aliphatic carbocycles. The minimum atomic E-state index is -0.570. The number of nitrogens with zero attached hydrogens (tertiary/aromatic N) is 1. The second-order valence-corrected chi connectivity index (χ2v) is 8.76. The van der Waals surface area contributed by atoms with E-state index in [2.05, 4.69) is 16.0 Å². The van der Waals surface area contributed by atoms with Gasteiger partial charge >= 0.3 is 0 Å². The molecule has 1 unspecified atom stereocenters. The number of piperidine rings is 1. The van der Waals surface area contributed by atoms with E-state index < -0.39 is 6.04 Å². The molecule has 2 saturated heterocycles. The van der Waals surface area contributed by atoms with Crippen molar-refractivity contribution in [1.29, 1.82) is 0 Å². The van der Waals surface area contributed by atoms with Crippen LogP contribution in [-0.4, -0.2) is 60.0 Å². The molecule has 8 nitrogen and oxygen atoms in total. The lowest BCUT2D eigenvalue weighted by atomic mass is 10.0. The van der Waals surface area contributed by atoms with Gasteiger partial charge in [0.15, 0.2) is 0 Å². The van der Waals surface area contributed by atoms with E-state index in [0.29, 0.717) is 37.2 Å². The second kappa shape index (κ2) is 8.09. The zero-order valence-electron chi connectivity index (χ0n) is 17.0. The van der Waals surface area contributed by atoms with Crippen molar-refractivity contribution in [2.45, 2.75) is 69.5 Å². The number of amides is 3. The maximum absolute atomic E-state index is 12.9. The molecule has 0 bridgehead atoms. The number of rotatable bonds is 5. The van der Waals surface area contributed by atoms with Crippen LogP contribution in [0.5, 0.6) is 0 Å². The van der Waals surface area contributed by atoms with E-state index in [1.54, 1.807) is 4.90 Å². The van der Waals surface area contributed by atoms with Gasteiger partial charge in [-0.05, 0) is 42.9 Å². The Bertz CT molecular complexity index is 873. The summed E-state index contributed by atoms with van der Waals surface area (Å²) in [5.74, 6) is -0.775. The molecule has 3 aliphatic heterocycles. The van der Waals surface area contributed by atoms with Crippen molar-refractivity contribution < 1.29 is 19.1 Å². The van der Waals surface area contributed by atoms with Gasteiger partial charge in [-0.3, -0.25) is 19.7 Å². The quantitative estimate of drug-likeness (QED) is 0.607. The van der Waals surface area contributed by atoms with Crippen LogP contribution in [0.4, 0.5) is 0 Å². The van der Waals surface area contributed by atoms with E-state index in [1.807, 2.05) is 18.2 Å². The molecule has 4 aliphatic rings. The van der Waals surface area contributed by atoms with Crippen molar-refractivity contribution in [3.63, 3.8) is 0 Å². The number of nitrogens with one attached hydrogen (secondary N) is 3. The Morgan fingerprint density at radius 1 is 1.17 bits per heavy atom. The van der Waals surface area contributed by atoms with E-state index in [9.17, 15) is 14.4 Å². The third kappa shape index (κ3) is 3.75. The maximum Gasteiger partial charge on any atom is 0.255 e. The van der Waals surface area contributed by atoms with Crippen LogP contribution in [0.1, 0.15) is 53.6 Å². The summed E-state index contributed by atoms with van der Waals surface area (Å²) >= 11 is 0. The molecule has 3 amide bonds. The Kier molecular flexibility index (Phi) is 5.30. The van der Waals surface area contributed by atoms with Gasteiger partial charge in [0.2, 0.25) is 11.8 Å². The molecule has 3 N–H and O–H groups in total. The average molecular weight is 412 g/mol. The standard InChI is InChI=1S/C22H28N4O4/c27-20-7-6-18(21(28)25-20)26-12-14-5-4-13(8-16(14)22(26)29)9-23-10-15-11-24-17-2-1-3-19(17)30-15/h4-5,8,15,17-19,23-24H,1-3,6-7,9-12H2,(H,25,27,28)/t15-,17+,18?,19+/m1/s1. The SMILES string of the molecule is O=C1CCC(N2Cc3ccc(CNC[C@@H]4CN[C@H]5CCC[C@@H]5O4)cc3C2=O)C(=O)N1. The van der Waals surface area contributed by atoms with E-state index >= 15 is 0 Å². The van der Waals surface area contributed by atoms with E-state index in [0.717, 1.165) is 30.6 Å². The number of imide groups is 1. The lowest BCUT2D eigenvalue weighted by Gasteiger charge is -2.33. The first kappa shape index (κ1) is 19.7. The van der Waals surface area contributed by atoms with Gasteiger partial charge in [-0.25, -0.2) is 0 Å². The molecule has 0 radical (unpaired) electrons. The Labute approximate surface area is 175 Å². The number of hydrogen-bond donors (Lipinski definition) is 3. The van der Waals surface area contributed by atoms with E-state index in [1.165, 1.54) is 12.8 Å². The number of ether oxygens (including phenoxy) is 1. The Hall–Kier alpha value is -2.29. The number of carbonyl (C=O) groups excluding carboxylic acids is 3. The molecule has 160 valence electrons. The molecule has 1 aromatic carbocycles. The predicted octanol–water partition coefficient (Wildman–Crippen LogP) is 0.447. The van der Waals surface area contributed by atoms with E-state index in [-0.39, 0.29) is 30.2 Å². The Morgan fingerprint density at radius 2 is 2.07 bits per heavy atom. The van der Waals surface area contributed by atoms with Gasteiger partial charge in [0.25, 0.3) is 5.91 Å². The summed E-state index contributed by atoms with van der Waals surface area (Å²) < 4.78 is 6.19. The van der Waals surface area contributed by atoms with Crippen LogP contribution in [-0.2, 0) is 27.4 Å². The molecule has 1 aromatic rings. The predicted molar refractivity (Wildman–Crippen MR) is 108 cm³/mol. The van der Waals surface area contributed by atoms with Crippen LogP contribution < -0.4 is 16.0 Å². The summed E-state index contributed by atoms with van der Waals surface area (Å²) in [7, 11) is 0. The first-order chi connectivity index (χ1) is 14.6. The maximum atomic E-state index is 12.9. The van der Waals surface area contributed by atoms with Crippen LogP contribution in [0.3, 0.4) is 0 Å². The highest BCUT2D eigenvalue weighted by Crippen LogP contribution is 2.28. The van der Waals surface area contributed by atoms with Crippen molar-refractivity contribution in [1.82, 2.24) is 20.9 Å². The topological polar surface area (TPSA) is 99.8 Å². The number of carbonyl (C=O) groups is 3. The molecule has 0 spiro atoms. The van der Waals surface area contributed by atoms with Gasteiger partial charge in [0.05, 0.1) is 12.2 Å². The summed E-state index contributed by atoms with van der Waals surface area (Å²) in [6.07, 6.45) is 4.77. The summed E-state index contributed by atoms with van der Waals surface area (Å²) in [5, 5.41) is 9.38. The first-order valence-corrected chi connectivity index (χ1v) is 10.9. The molecule has 3 heterocycles. The summed E-state index contributed by atoms with van der Waals surface area (Å²) in [4.78, 5) is 38.1. The fourth-order valence-corrected chi connectivity index (χ4v) is 5.11. The van der Waals surface area contributed by atoms with Gasteiger partial charge in [-0.1, -0.05) is 12.1 Å². The highest BCUT2D eigenvalue weighted by molar-refractivity contribution is 6.05. The molecule has 8 heteroatoms. The van der Waals surface area contributed by atoms with E-state index in [4.69, 9.17) is 4.74 Å². The van der Waals surface area contributed by atoms with Crippen LogP contribution >= 0.6 is 0 Å². The normalized spacial score (nSPS) is 30.9. The Balaban J connectivity index is 1.17. The molecule has 1 saturated carbocycles. The van der Waals surface area contributed by atoms with Crippen LogP contribution in [0, 0.1) is 0 Å². The molecule has 0 aromatic heterocycles. The van der Waals surface area contributed by atoms with Crippen molar-refractivity contribution in [3.8, 4) is 0 Å². The van der Waals surface area contributed by atoms with Gasteiger partial charge in [-0.2, -0.15) is 0 Å². The van der Waals surface area contributed by atoms with Crippen molar-refractivity contribution in [2.75, 3.05) is 13.1 Å². The van der Waals surface area contributed by atoms with Crippen LogP contribution in [0.2, 0.25) is 0 Å². The summed E-state index contributed by atoms with van der Waals surface area (Å²) in [6.45, 7) is 2.71. The molecule has 5 rings (SSSR count). The molecule has 3 fully saturated rings. The van der Waals surface area contributed by atoms with Gasteiger partial charge in [0, 0.05) is 44.2 Å². The molecular formula is C22H28N4O4. The third-order valence-corrected chi connectivity index (χ3v) is 6.72. The lowest BCUT2D eigenvalue weighted by molar-refractivity contribution is -0.136. The highest BCUT2D eigenvalue weighted by atomic mass is 16.5. The largest absolute Gasteiger partial charge is 0.371 e. The Morgan fingerprint density at radius 3 is 2.93 bits per heavy atom. The second-order valence-electron chi connectivity index (χ2n) is 8.76. The number of benzene rings is 1. The number of morpholine rings is 1.